The van der Waals surface area contributed by atoms with Crippen LogP contribution in [0.4, 0.5) is 10.8 Å². The van der Waals surface area contributed by atoms with Gasteiger partial charge in [-0.15, -0.1) is 10.2 Å². The average molecular weight is 407 g/mol. The van der Waals surface area contributed by atoms with Crippen molar-refractivity contribution >= 4 is 50.0 Å². The molecule has 2 aromatic carbocycles. The number of hydrogen-bond donors (Lipinski definition) is 1. The third-order valence-electron chi connectivity index (χ3n) is 3.40. The number of anilines is 1. The van der Waals surface area contributed by atoms with E-state index in [1.165, 1.54) is 23.5 Å². The van der Waals surface area contributed by atoms with Gasteiger partial charge in [0.15, 0.2) is 0 Å². The van der Waals surface area contributed by atoms with Gasteiger partial charge in [0.05, 0.1) is 10.6 Å². The third kappa shape index (κ3) is 4.46. The zero-order valence-electron chi connectivity index (χ0n) is 13.8. The highest BCUT2D eigenvalue weighted by molar-refractivity contribution is 7.93. The van der Waals surface area contributed by atoms with Gasteiger partial charge >= 0.3 is 0 Å². The first-order chi connectivity index (χ1) is 12.5. The Morgan fingerprint density at radius 2 is 1.88 bits per heavy atom. The molecule has 0 fully saturated rings. The van der Waals surface area contributed by atoms with E-state index in [1.807, 2.05) is 25.1 Å². The zero-order chi connectivity index (χ0) is 18.6. The first-order valence-electron chi connectivity index (χ1n) is 7.72. The monoisotopic (exact) mass is 406 g/mol. The van der Waals surface area contributed by atoms with E-state index in [9.17, 15) is 8.42 Å². The molecule has 0 radical (unpaired) electrons. The average Bonchev–Trinajstić information content (AvgIpc) is 3.08. The molecule has 0 aliphatic heterocycles. The minimum Gasteiger partial charge on any atom is -0.256 e. The maximum absolute atomic E-state index is 12.4. The Morgan fingerprint density at radius 3 is 2.54 bits per heavy atom. The molecule has 0 bridgehead atoms. The second-order valence-electron chi connectivity index (χ2n) is 5.23. The summed E-state index contributed by atoms with van der Waals surface area (Å²) < 4.78 is 27.2. The number of aliphatic imine (C=N–C) groups is 1. The second-order valence-corrected chi connectivity index (χ2v) is 8.39. The molecule has 0 unspecified atom stereocenters. The van der Waals surface area contributed by atoms with Gasteiger partial charge < -0.3 is 0 Å². The van der Waals surface area contributed by atoms with Gasteiger partial charge in [0, 0.05) is 16.8 Å². The molecule has 1 aromatic heterocycles. The van der Waals surface area contributed by atoms with Crippen molar-refractivity contribution in [2.24, 2.45) is 4.99 Å². The van der Waals surface area contributed by atoms with Crippen molar-refractivity contribution in [1.82, 2.24) is 10.2 Å². The van der Waals surface area contributed by atoms with Crippen molar-refractivity contribution in [3.8, 4) is 0 Å². The summed E-state index contributed by atoms with van der Waals surface area (Å²) >= 11 is 7.29. The standard InChI is InChI=1S/C17H15ClN4O2S2/c1-2-16-20-21-17(25-16)22-26(23,24)14-9-7-13(8-10-14)19-11-12-5-3-4-6-15(12)18/h3-11H,2H2,1H3,(H,21,22). The Labute approximate surface area is 160 Å². The van der Waals surface area contributed by atoms with Gasteiger partial charge in [-0.05, 0) is 36.8 Å². The summed E-state index contributed by atoms with van der Waals surface area (Å²) in [7, 11) is -3.71. The van der Waals surface area contributed by atoms with Crippen LogP contribution in [0.1, 0.15) is 17.5 Å². The first kappa shape index (κ1) is 18.5. The molecule has 6 nitrogen and oxygen atoms in total. The molecule has 0 amide bonds. The lowest BCUT2D eigenvalue weighted by atomic mass is 10.2. The first-order valence-corrected chi connectivity index (χ1v) is 10.4. The van der Waals surface area contributed by atoms with E-state index >= 15 is 0 Å². The van der Waals surface area contributed by atoms with Crippen molar-refractivity contribution in [2.75, 3.05) is 4.72 Å². The summed E-state index contributed by atoms with van der Waals surface area (Å²) in [5.41, 5.74) is 1.41. The fourth-order valence-corrected chi connectivity index (χ4v) is 4.14. The lowest BCUT2D eigenvalue weighted by Gasteiger charge is -2.04. The second kappa shape index (κ2) is 7.94. The molecule has 3 rings (SSSR count). The van der Waals surface area contributed by atoms with Crippen molar-refractivity contribution in [2.45, 2.75) is 18.2 Å². The van der Waals surface area contributed by atoms with Crippen LogP contribution in [0.2, 0.25) is 5.02 Å². The topological polar surface area (TPSA) is 84.3 Å². The lowest BCUT2D eigenvalue weighted by molar-refractivity contribution is 0.601. The van der Waals surface area contributed by atoms with E-state index in [0.29, 0.717) is 17.1 Å². The van der Waals surface area contributed by atoms with Gasteiger partial charge in [-0.1, -0.05) is 48.1 Å². The Morgan fingerprint density at radius 1 is 1.15 bits per heavy atom. The zero-order valence-corrected chi connectivity index (χ0v) is 16.1. The number of benzene rings is 2. The lowest BCUT2D eigenvalue weighted by Crippen LogP contribution is -2.12. The Kier molecular flexibility index (Phi) is 5.65. The van der Waals surface area contributed by atoms with E-state index in [-0.39, 0.29) is 10.0 Å². The van der Waals surface area contributed by atoms with Gasteiger partial charge in [-0.25, -0.2) is 8.42 Å². The maximum atomic E-state index is 12.4. The van der Waals surface area contributed by atoms with E-state index in [2.05, 4.69) is 19.9 Å². The molecule has 3 aromatic rings. The molecule has 26 heavy (non-hydrogen) atoms. The van der Waals surface area contributed by atoms with E-state index in [4.69, 9.17) is 11.6 Å². The van der Waals surface area contributed by atoms with Crippen LogP contribution in [0.15, 0.2) is 58.4 Å². The molecular weight excluding hydrogens is 392 g/mol. The fraction of sp³-hybridized carbons (Fsp3) is 0.118. The van der Waals surface area contributed by atoms with Gasteiger partial charge in [0.25, 0.3) is 10.0 Å². The Hall–Kier alpha value is -2.29. The quantitative estimate of drug-likeness (QED) is 0.618. The number of halogens is 1. The predicted octanol–water partition coefficient (Wildman–Crippen LogP) is 4.31. The summed E-state index contributed by atoms with van der Waals surface area (Å²) in [6.07, 6.45) is 2.34. The molecule has 0 saturated heterocycles. The van der Waals surface area contributed by atoms with E-state index in [1.54, 1.807) is 24.4 Å². The van der Waals surface area contributed by atoms with Crippen molar-refractivity contribution in [1.29, 1.82) is 0 Å². The van der Waals surface area contributed by atoms with Gasteiger partial charge in [-0.3, -0.25) is 9.71 Å². The van der Waals surface area contributed by atoms with Gasteiger partial charge in [0.1, 0.15) is 5.01 Å². The summed E-state index contributed by atoms with van der Waals surface area (Å²) in [5.74, 6) is 0. The van der Waals surface area contributed by atoms with Crippen LogP contribution < -0.4 is 4.72 Å². The minimum absolute atomic E-state index is 0.127. The predicted molar refractivity (Wildman–Crippen MR) is 105 cm³/mol. The van der Waals surface area contributed by atoms with Crippen molar-refractivity contribution in [3.63, 3.8) is 0 Å². The normalized spacial score (nSPS) is 11.8. The van der Waals surface area contributed by atoms with Crippen molar-refractivity contribution in [3.05, 3.63) is 64.1 Å². The van der Waals surface area contributed by atoms with Crippen LogP contribution in [0.5, 0.6) is 0 Å². The van der Waals surface area contributed by atoms with E-state index < -0.39 is 10.0 Å². The largest absolute Gasteiger partial charge is 0.263 e. The third-order valence-corrected chi connectivity index (χ3v) is 6.21. The number of aromatic nitrogens is 2. The summed E-state index contributed by atoms with van der Waals surface area (Å²) in [6, 6.07) is 13.6. The minimum atomic E-state index is -3.71. The molecule has 0 spiro atoms. The highest BCUT2D eigenvalue weighted by Crippen LogP contribution is 2.22. The smallest absolute Gasteiger partial charge is 0.256 e. The Bertz CT molecular complexity index is 1030. The van der Waals surface area contributed by atoms with Crippen LogP contribution in [0.25, 0.3) is 0 Å². The summed E-state index contributed by atoms with van der Waals surface area (Å²) in [4.78, 5) is 4.44. The molecule has 134 valence electrons. The number of nitrogens with zero attached hydrogens (tertiary/aromatic N) is 3. The van der Waals surface area contributed by atoms with Crippen LogP contribution in [0, 0.1) is 0 Å². The highest BCUT2D eigenvalue weighted by atomic mass is 35.5. The molecular formula is C17H15ClN4O2S2. The van der Waals surface area contributed by atoms with Crippen molar-refractivity contribution < 1.29 is 8.42 Å². The Balaban J connectivity index is 1.75. The number of nitrogens with one attached hydrogen (secondary N) is 1. The molecule has 0 aliphatic carbocycles. The summed E-state index contributed by atoms with van der Waals surface area (Å²) in [6.45, 7) is 1.93. The number of sulfonamides is 1. The molecule has 1 heterocycles. The van der Waals surface area contributed by atoms with Crippen LogP contribution in [-0.2, 0) is 16.4 Å². The van der Waals surface area contributed by atoms with Gasteiger partial charge in [0.2, 0.25) is 5.13 Å². The highest BCUT2D eigenvalue weighted by Gasteiger charge is 2.16. The molecule has 0 aliphatic rings. The van der Waals surface area contributed by atoms with E-state index in [0.717, 1.165) is 10.6 Å². The molecule has 9 heteroatoms. The number of aryl methyl sites for hydroxylation is 1. The SMILES string of the molecule is CCc1nnc(NS(=O)(=O)c2ccc(N=Cc3ccccc3Cl)cc2)s1. The number of hydrogen-bond acceptors (Lipinski definition) is 6. The maximum Gasteiger partial charge on any atom is 0.263 e. The molecule has 0 saturated carbocycles. The fourth-order valence-electron chi connectivity index (χ4n) is 2.05. The van der Waals surface area contributed by atoms with Crippen LogP contribution in [-0.4, -0.2) is 24.8 Å². The van der Waals surface area contributed by atoms with Crippen LogP contribution >= 0.6 is 22.9 Å². The number of rotatable bonds is 6. The summed E-state index contributed by atoms with van der Waals surface area (Å²) in [5, 5.41) is 9.35. The molecule has 0 atom stereocenters. The van der Waals surface area contributed by atoms with Crippen LogP contribution in [0.3, 0.4) is 0 Å². The van der Waals surface area contributed by atoms with Gasteiger partial charge in [-0.2, -0.15) is 0 Å². The molecule has 1 N–H and O–H groups in total.